The summed E-state index contributed by atoms with van der Waals surface area (Å²) >= 11 is 0. The van der Waals surface area contributed by atoms with Crippen molar-refractivity contribution in [2.24, 2.45) is 0 Å². The minimum absolute atomic E-state index is 0.580. The van der Waals surface area contributed by atoms with E-state index in [4.69, 9.17) is 6.42 Å². The lowest BCUT2D eigenvalue weighted by Gasteiger charge is -2.10. The lowest BCUT2D eigenvalue weighted by molar-refractivity contribution is 0.497. The Morgan fingerprint density at radius 2 is 1.67 bits per heavy atom. The van der Waals surface area contributed by atoms with Crippen molar-refractivity contribution in [2.75, 3.05) is 6.54 Å². The van der Waals surface area contributed by atoms with Gasteiger partial charge in [0.1, 0.15) is 0 Å². The highest BCUT2D eigenvalue weighted by Crippen LogP contribution is 2.09. The van der Waals surface area contributed by atoms with Gasteiger partial charge in [-0.1, -0.05) is 57.8 Å². The monoisotopic (exact) mass is 209 g/mol. The minimum Gasteiger partial charge on any atom is -0.304 e. The van der Waals surface area contributed by atoms with Gasteiger partial charge in [-0.2, -0.15) is 0 Å². The molecule has 0 aliphatic heterocycles. The minimum atomic E-state index is 0.580. The quantitative estimate of drug-likeness (QED) is 0.427. The van der Waals surface area contributed by atoms with Crippen LogP contribution < -0.4 is 5.32 Å². The molecular weight excluding hydrogens is 182 g/mol. The Kier molecular flexibility index (Phi) is 11.2. The van der Waals surface area contributed by atoms with Crippen LogP contribution in [0.2, 0.25) is 0 Å². The van der Waals surface area contributed by atoms with Gasteiger partial charge in [0.15, 0.2) is 0 Å². The van der Waals surface area contributed by atoms with Crippen LogP contribution in [0.5, 0.6) is 0 Å². The van der Waals surface area contributed by atoms with Gasteiger partial charge in [0, 0.05) is 6.04 Å². The molecule has 0 aromatic rings. The molecule has 0 aliphatic rings. The Morgan fingerprint density at radius 1 is 1.07 bits per heavy atom. The normalized spacial score (nSPS) is 12.3. The van der Waals surface area contributed by atoms with Crippen molar-refractivity contribution in [3.05, 3.63) is 0 Å². The van der Waals surface area contributed by atoms with Crippen LogP contribution in [0.3, 0.4) is 0 Å². The van der Waals surface area contributed by atoms with Gasteiger partial charge in [-0.15, -0.1) is 6.42 Å². The summed E-state index contributed by atoms with van der Waals surface area (Å²) in [6.45, 7) is 5.19. The molecule has 0 saturated carbocycles. The number of unbranched alkanes of at least 4 members (excludes halogenated alkanes) is 6. The number of hydrogen-bond acceptors (Lipinski definition) is 1. The molecule has 0 unspecified atom stereocenters. The Hall–Kier alpha value is -0.480. The van der Waals surface area contributed by atoms with Crippen molar-refractivity contribution >= 4 is 0 Å². The number of hydrogen-bond donors (Lipinski definition) is 1. The van der Waals surface area contributed by atoms with E-state index in [1.54, 1.807) is 0 Å². The van der Waals surface area contributed by atoms with Crippen molar-refractivity contribution in [2.45, 2.75) is 71.3 Å². The molecule has 1 heteroatoms. The molecule has 15 heavy (non-hydrogen) atoms. The molecule has 0 radical (unpaired) electrons. The molecule has 0 saturated heterocycles. The Bertz CT molecular complexity index is 157. The van der Waals surface area contributed by atoms with Crippen molar-refractivity contribution in [3.63, 3.8) is 0 Å². The summed E-state index contributed by atoms with van der Waals surface area (Å²) in [7, 11) is 0. The summed E-state index contributed by atoms with van der Waals surface area (Å²) in [5.41, 5.74) is 0. The van der Waals surface area contributed by atoms with E-state index in [0.717, 1.165) is 0 Å². The van der Waals surface area contributed by atoms with E-state index < -0.39 is 0 Å². The fourth-order valence-electron chi connectivity index (χ4n) is 1.74. The largest absolute Gasteiger partial charge is 0.304 e. The molecule has 88 valence electrons. The fraction of sp³-hybridized carbons (Fsp3) is 0.857. The standard InChI is InChI=1S/C14H27N/c1-4-6-7-8-9-10-11-12-14(3)15-13-5-2/h2,14-15H,4,6-13H2,1,3H3/t14-/m1/s1. The highest BCUT2D eigenvalue weighted by molar-refractivity contribution is 4.87. The average molecular weight is 209 g/mol. The van der Waals surface area contributed by atoms with E-state index in [1.165, 1.54) is 51.4 Å². The highest BCUT2D eigenvalue weighted by Gasteiger charge is 1.99. The van der Waals surface area contributed by atoms with Gasteiger partial charge in [-0.25, -0.2) is 0 Å². The maximum Gasteiger partial charge on any atom is 0.0575 e. The average Bonchev–Trinajstić information content (AvgIpc) is 2.25. The van der Waals surface area contributed by atoms with E-state index >= 15 is 0 Å². The van der Waals surface area contributed by atoms with Crippen LogP contribution in [0, 0.1) is 12.3 Å². The van der Waals surface area contributed by atoms with Crippen LogP contribution in [-0.4, -0.2) is 12.6 Å². The third-order valence-electron chi connectivity index (χ3n) is 2.79. The molecule has 1 nitrogen and oxygen atoms in total. The lowest BCUT2D eigenvalue weighted by Crippen LogP contribution is -2.25. The van der Waals surface area contributed by atoms with Gasteiger partial charge >= 0.3 is 0 Å². The summed E-state index contributed by atoms with van der Waals surface area (Å²) in [4.78, 5) is 0. The SMILES string of the molecule is C#CCN[C@H](C)CCCCCCCCC. The first-order chi connectivity index (χ1) is 7.31. The maximum absolute atomic E-state index is 5.19. The summed E-state index contributed by atoms with van der Waals surface area (Å²) in [6, 6.07) is 0.580. The molecule has 0 amide bonds. The van der Waals surface area contributed by atoms with Crippen LogP contribution in [0.4, 0.5) is 0 Å². The van der Waals surface area contributed by atoms with Gasteiger partial charge in [0.05, 0.1) is 6.54 Å². The fourth-order valence-corrected chi connectivity index (χ4v) is 1.74. The predicted molar refractivity (Wildman–Crippen MR) is 68.9 cm³/mol. The molecule has 0 heterocycles. The molecule has 0 fully saturated rings. The molecule has 0 aliphatic carbocycles. The molecule has 0 rings (SSSR count). The second-order valence-corrected chi connectivity index (χ2v) is 4.40. The van der Waals surface area contributed by atoms with Crippen molar-refractivity contribution in [1.82, 2.24) is 5.32 Å². The Balaban J connectivity index is 3.06. The Morgan fingerprint density at radius 3 is 2.27 bits per heavy atom. The molecule has 0 spiro atoms. The summed E-state index contributed by atoms with van der Waals surface area (Å²) in [6.07, 6.45) is 16.1. The predicted octanol–water partition coefficient (Wildman–Crippen LogP) is 3.74. The maximum atomic E-state index is 5.19. The van der Waals surface area contributed by atoms with Crippen LogP contribution in [0.25, 0.3) is 0 Å². The first-order valence-electron chi connectivity index (χ1n) is 6.48. The highest BCUT2D eigenvalue weighted by atomic mass is 14.9. The van der Waals surface area contributed by atoms with Crippen molar-refractivity contribution in [3.8, 4) is 12.3 Å². The molecule has 0 aromatic carbocycles. The van der Waals surface area contributed by atoms with E-state index in [1.807, 2.05) is 0 Å². The van der Waals surface area contributed by atoms with Crippen LogP contribution in [0.15, 0.2) is 0 Å². The number of nitrogens with one attached hydrogen (secondary N) is 1. The van der Waals surface area contributed by atoms with Crippen LogP contribution in [-0.2, 0) is 0 Å². The third kappa shape index (κ3) is 11.4. The van der Waals surface area contributed by atoms with E-state index in [2.05, 4.69) is 25.1 Å². The van der Waals surface area contributed by atoms with Gasteiger partial charge in [0.25, 0.3) is 0 Å². The second kappa shape index (κ2) is 11.6. The molecule has 0 aromatic heterocycles. The Labute approximate surface area is 96.0 Å². The van der Waals surface area contributed by atoms with E-state index in [0.29, 0.717) is 12.6 Å². The molecule has 1 atom stereocenters. The van der Waals surface area contributed by atoms with Crippen molar-refractivity contribution in [1.29, 1.82) is 0 Å². The topological polar surface area (TPSA) is 12.0 Å². The summed E-state index contributed by atoms with van der Waals surface area (Å²) < 4.78 is 0. The zero-order valence-corrected chi connectivity index (χ0v) is 10.5. The lowest BCUT2D eigenvalue weighted by atomic mass is 10.1. The number of rotatable bonds is 10. The molecule has 1 N–H and O–H groups in total. The summed E-state index contributed by atoms with van der Waals surface area (Å²) in [5.74, 6) is 2.61. The van der Waals surface area contributed by atoms with E-state index in [-0.39, 0.29) is 0 Å². The van der Waals surface area contributed by atoms with Crippen molar-refractivity contribution < 1.29 is 0 Å². The van der Waals surface area contributed by atoms with Gasteiger partial charge in [0.2, 0.25) is 0 Å². The van der Waals surface area contributed by atoms with Crippen LogP contribution >= 0.6 is 0 Å². The van der Waals surface area contributed by atoms with Crippen LogP contribution in [0.1, 0.15) is 65.2 Å². The van der Waals surface area contributed by atoms with Gasteiger partial charge < -0.3 is 5.32 Å². The van der Waals surface area contributed by atoms with Gasteiger partial charge in [-0.3, -0.25) is 0 Å². The zero-order chi connectivity index (χ0) is 11.4. The molecular formula is C14H27N. The molecule has 0 bridgehead atoms. The van der Waals surface area contributed by atoms with E-state index in [9.17, 15) is 0 Å². The zero-order valence-electron chi connectivity index (χ0n) is 10.5. The number of terminal acetylenes is 1. The second-order valence-electron chi connectivity index (χ2n) is 4.40. The third-order valence-corrected chi connectivity index (χ3v) is 2.79. The smallest absolute Gasteiger partial charge is 0.0575 e. The first kappa shape index (κ1) is 14.5. The first-order valence-corrected chi connectivity index (χ1v) is 6.48. The summed E-state index contributed by atoms with van der Waals surface area (Å²) in [5, 5.41) is 3.31. The van der Waals surface area contributed by atoms with Gasteiger partial charge in [-0.05, 0) is 13.3 Å².